The van der Waals surface area contributed by atoms with Crippen LogP contribution in [-0.2, 0) is 4.74 Å². The van der Waals surface area contributed by atoms with E-state index in [1.807, 2.05) is 13.8 Å². The van der Waals surface area contributed by atoms with Gasteiger partial charge in [-0.1, -0.05) is 11.6 Å². The molecule has 0 amide bonds. The quantitative estimate of drug-likeness (QED) is 0.801. The van der Waals surface area contributed by atoms with Gasteiger partial charge in [-0.25, -0.2) is 9.37 Å². The highest BCUT2D eigenvalue weighted by Gasteiger charge is 2.16. The topological polar surface area (TPSA) is 31.4 Å². The minimum atomic E-state index is -0.553. The van der Waals surface area contributed by atoms with Crippen LogP contribution in [0, 0.1) is 5.82 Å². The van der Waals surface area contributed by atoms with Crippen molar-refractivity contribution in [1.82, 2.24) is 4.98 Å². The second-order valence-corrected chi connectivity index (χ2v) is 4.44. The third-order valence-electron chi connectivity index (χ3n) is 2.27. The van der Waals surface area contributed by atoms with Gasteiger partial charge in [0.05, 0.1) is 17.2 Å². The Kier molecular flexibility index (Phi) is 4.50. The predicted molar refractivity (Wildman–Crippen MR) is 60.4 cm³/mol. The van der Waals surface area contributed by atoms with Crippen LogP contribution in [-0.4, -0.2) is 24.3 Å². The van der Waals surface area contributed by atoms with Crippen molar-refractivity contribution < 1.29 is 13.9 Å². The number of aromatic nitrogens is 1. The number of hydrogen-bond acceptors (Lipinski definition) is 3. The zero-order valence-electron chi connectivity index (χ0n) is 9.59. The lowest BCUT2D eigenvalue weighted by atomic mass is 10.1. The molecule has 16 heavy (non-hydrogen) atoms. The third kappa shape index (κ3) is 3.94. The van der Waals surface area contributed by atoms with Gasteiger partial charge >= 0.3 is 0 Å². The normalized spacial score (nSPS) is 11.6. The van der Waals surface area contributed by atoms with E-state index in [9.17, 15) is 4.39 Å². The molecule has 1 aromatic heterocycles. The van der Waals surface area contributed by atoms with E-state index in [1.54, 1.807) is 7.11 Å². The molecule has 0 atom stereocenters. The molecule has 1 rings (SSSR count). The molecule has 0 N–H and O–H groups in total. The molecule has 0 aliphatic heterocycles. The summed E-state index contributed by atoms with van der Waals surface area (Å²) < 4.78 is 23.7. The second kappa shape index (κ2) is 5.46. The lowest BCUT2D eigenvalue weighted by Gasteiger charge is -2.22. The maximum absolute atomic E-state index is 13.2. The minimum Gasteiger partial charge on any atom is -0.475 e. The van der Waals surface area contributed by atoms with E-state index in [0.717, 1.165) is 0 Å². The summed E-state index contributed by atoms with van der Waals surface area (Å²) in [6.45, 7) is 4.20. The lowest BCUT2D eigenvalue weighted by molar-refractivity contribution is 0.00473. The Morgan fingerprint density at radius 2 is 2.19 bits per heavy atom. The fraction of sp³-hybridized carbons (Fsp3) is 0.545. The molecule has 0 fully saturated rings. The van der Waals surface area contributed by atoms with Gasteiger partial charge in [-0.2, -0.15) is 0 Å². The first-order valence-electron chi connectivity index (χ1n) is 4.93. The van der Waals surface area contributed by atoms with E-state index >= 15 is 0 Å². The monoisotopic (exact) mass is 247 g/mol. The maximum atomic E-state index is 13.2. The number of pyridine rings is 1. The van der Waals surface area contributed by atoms with Crippen LogP contribution in [0.5, 0.6) is 5.88 Å². The van der Waals surface area contributed by atoms with E-state index in [4.69, 9.17) is 21.1 Å². The number of halogens is 2. The molecule has 0 spiro atoms. The molecular weight excluding hydrogens is 233 g/mol. The van der Waals surface area contributed by atoms with Crippen molar-refractivity contribution in [3.05, 3.63) is 23.1 Å². The van der Waals surface area contributed by atoms with Gasteiger partial charge in [0.15, 0.2) is 5.82 Å². The molecule has 90 valence electrons. The van der Waals surface area contributed by atoms with Crippen molar-refractivity contribution in [3.63, 3.8) is 0 Å². The maximum Gasteiger partial charge on any atom is 0.250 e. The third-order valence-corrected chi connectivity index (χ3v) is 2.48. The van der Waals surface area contributed by atoms with Gasteiger partial charge in [-0.3, -0.25) is 0 Å². The lowest BCUT2D eigenvalue weighted by Crippen LogP contribution is -2.25. The van der Waals surface area contributed by atoms with E-state index in [2.05, 4.69) is 4.98 Å². The van der Waals surface area contributed by atoms with E-state index in [1.165, 1.54) is 12.3 Å². The number of ether oxygens (including phenoxy) is 2. The highest BCUT2D eigenvalue weighted by atomic mass is 35.5. The van der Waals surface area contributed by atoms with Crippen molar-refractivity contribution in [2.24, 2.45) is 0 Å². The predicted octanol–water partition coefficient (Wildman–Crippen LogP) is 3.07. The summed E-state index contributed by atoms with van der Waals surface area (Å²) >= 11 is 5.57. The van der Waals surface area contributed by atoms with Crippen LogP contribution in [0.1, 0.15) is 20.3 Å². The molecule has 3 nitrogen and oxygen atoms in total. The number of hydrogen-bond donors (Lipinski definition) is 0. The standard InChI is InChI=1S/C11H15ClFNO2/c1-11(2,15-3)4-5-16-10-9(13)6-8(12)7-14-10/h6-7H,4-5H2,1-3H3. The highest BCUT2D eigenvalue weighted by molar-refractivity contribution is 6.30. The van der Waals surface area contributed by atoms with Crippen molar-refractivity contribution in [2.45, 2.75) is 25.9 Å². The van der Waals surface area contributed by atoms with Gasteiger partial charge in [0, 0.05) is 19.7 Å². The first kappa shape index (κ1) is 13.2. The number of rotatable bonds is 5. The van der Waals surface area contributed by atoms with Crippen LogP contribution < -0.4 is 4.74 Å². The molecule has 0 radical (unpaired) electrons. The molecule has 0 unspecified atom stereocenters. The van der Waals surface area contributed by atoms with Crippen LogP contribution in [0.15, 0.2) is 12.3 Å². The Labute approximate surface area is 99.5 Å². The Hall–Kier alpha value is -0.870. The molecule has 0 saturated carbocycles. The molecule has 0 aromatic carbocycles. The zero-order valence-corrected chi connectivity index (χ0v) is 10.3. The fourth-order valence-electron chi connectivity index (χ4n) is 1.00. The van der Waals surface area contributed by atoms with Crippen molar-refractivity contribution in [3.8, 4) is 5.88 Å². The Morgan fingerprint density at radius 1 is 1.50 bits per heavy atom. The van der Waals surface area contributed by atoms with Gasteiger partial charge in [-0.05, 0) is 19.9 Å². The van der Waals surface area contributed by atoms with E-state index < -0.39 is 5.82 Å². The highest BCUT2D eigenvalue weighted by Crippen LogP contribution is 2.19. The van der Waals surface area contributed by atoms with Crippen molar-refractivity contribution in [2.75, 3.05) is 13.7 Å². The van der Waals surface area contributed by atoms with Crippen LogP contribution in [0.4, 0.5) is 4.39 Å². The Balaban J connectivity index is 2.49. The van der Waals surface area contributed by atoms with Crippen molar-refractivity contribution >= 4 is 11.6 Å². The van der Waals surface area contributed by atoms with Crippen LogP contribution in [0.3, 0.4) is 0 Å². The van der Waals surface area contributed by atoms with Gasteiger partial charge in [0.2, 0.25) is 5.88 Å². The molecule has 5 heteroatoms. The molecule has 1 aromatic rings. The van der Waals surface area contributed by atoms with Gasteiger partial charge in [0.25, 0.3) is 0 Å². The summed E-state index contributed by atoms with van der Waals surface area (Å²) in [4.78, 5) is 3.75. The molecular formula is C11H15ClFNO2. The van der Waals surface area contributed by atoms with Crippen LogP contribution in [0.2, 0.25) is 5.02 Å². The average molecular weight is 248 g/mol. The fourth-order valence-corrected chi connectivity index (χ4v) is 1.15. The smallest absolute Gasteiger partial charge is 0.250 e. The summed E-state index contributed by atoms with van der Waals surface area (Å²) in [6, 6.07) is 1.17. The Morgan fingerprint density at radius 3 is 2.75 bits per heavy atom. The SMILES string of the molecule is COC(C)(C)CCOc1ncc(Cl)cc1F. The van der Waals surface area contributed by atoms with Crippen molar-refractivity contribution in [1.29, 1.82) is 0 Å². The van der Waals surface area contributed by atoms with Crippen LogP contribution in [0.25, 0.3) is 0 Å². The summed E-state index contributed by atoms with van der Waals surface area (Å²) in [6.07, 6.45) is 1.99. The average Bonchev–Trinajstić information content (AvgIpc) is 2.21. The van der Waals surface area contributed by atoms with Crippen LogP contribution >= 0.6 is 11.6 Å². The first-order chi connectivity index (χ1) is 7.44. The molecule has 0 aliphatic rings. The zero-order chi connectivity index (χ0) is 12.2. The van der Waals surface area contributed by atoms with E-state index in [0.29, 0.717) is 13.0 Å². The van der Waals surface area contributed by atoms with Gasteiger partial charge in [-0.15, -0.1) is 0 Å². The molecule has 0 aliphatic carbocycles. The Bertz CT molecular complexity index is 358. The second-order valence-electron chi connectivity index (χ2n) is 4.00. The molecule has 0 saturated heterocycles. The van der Waals surface area contributed by atoms with E-state index in [-0.39, 0.29) is 16.5 Å². The summed E-state index contributed by atoms with van der Waals surface area (Å²) in [5.74, 6) is -0.584. The number of methoxy groups -OCH3 is 1. The minimum absolute atomic E-state index is 0.0312. The molecule has 0 bridgehead atoms. The summed E-state index contributed by atoms with van der Waals surface area (Å²) in [5, 5.41) is 0.252. The molecule has 1 heterocycles. The largest absolute Gasteiger partial charge is 0.475 e. The summed E-state index contributed by atoms with van der Waals surface area (Å²) in [7, 11) is 1.63. The van der Waals surface area contributed by atoms with Gasteiger partial charge < -0.3 is 9.47 Å². The summed E-state index contributed by atoms with van der Waals surface area (Å²) in [5.41, 5.74) is -0.289. The number of nitrogens with zero attached hydrogens (tertiary/aromatic N) is 1. The first-order valence-corrected chi connectivity index (χ1v) is 5.31. The van der Waals surface area contributed by atoms with Gasteiger partial charge in [0.1, 0.15) is 0 Å².